The van der Waals surface area contributed by atoms with Gasteiger partial charge in [0.2, 0.25) is 0 Å². The van der Waals surface area contributed by atoms with E-state index < -0.39 is 11.9 Å². The molecule has 0 aliphatic carbocycles. The molecule has 35 heavy (non-hydrogen) atoms. The minimum atomic E-state index is -1.26. The predicted octanol–water partition coefficient (Wildman–Crippen LogP) is 4.86. The van der Waals surface area contributed by atoms with Crippen LogP contribution in [0, 0.1) is 0 Å². The molecular weight excluding hydrogens is 472 g/mol. The van der Waals surface area contributed by atoms with Crippen LogP contribution in [0.5, 0.6) is 11.5 Å². The van der Waals surface area contributed by atoms with E-state index >= 15 is 0 Å². The fraction of sp³-hybridized carbons (Fsp3) is 0.500. The molecule has 0 unspecified atom stereocenters. The number of benzene rings is 2. The quantitative estimate of drug-likeness (QED) is 0.277. The molecule has 2 N–H and O–H groups in total. The maximum atomic E-state index is 11.6. The van der Waals surface area contributed by atoms with E-state index in [4.69, 9.17) is 5.11 Å². The molecule has 188 valence electrons. The largest absolute Gasteiger partial charge is 2.00 e. The van der Waals surface area contributed by atoms with Crippen LogP contribution in [0.15, 0.2) is 36.4 Å². The molecule has 2 rings (SSSR count). The van der Waals surface area contributed by atoms with Crippen molar-refractivity contribution in [3.63, 3.8) is 0 Å². The monoisotopic (exact) mass is 510 g/mol. The van der Waals surface area contributed by atoms with Gasteiger partial charge in [-0.05, 0) is 48.9 Å². The second-order valence-corrected chi connectivity index (χ2v) is 8.51. The summed E-state index contributed by atoms with van der Waals surface area (Å²) in [5, 5.41) is 41.1. The number of carbonyl (C=O) groups is 2. The summed E-state index contributed by atoms with van der Waals surface area (Å²) >= 11 is 0. The molecule has 0 bridgehead atoms. The predicted molar refractivity (Wildman–Crippen MR) is 136 cm³/mol. The Hall–Kier alpha value is -1.76. The number of rotatable bonds is 14. The number of aromatic hydroxyl groups is 1. The standard InChI is InChI=1S/2C14H20O3.Ca/c2*1-2-3-4-5-6-8-11-12(14(16)17)9-7-10-13(11)15;/h2*7,9-10,15H,2-6,8H2,1H3,(H,16,17);/q;;+2/p-2. The average molecular weight is 511 g/mol. The van der Waals surface area contributed by atoms with Crippen molar-refractivity contribution in [1.29, 1.82) is 0 Å². The summed E-state index contributed by atoms with van der Waals surface area (Å²) in [7, 11) is 0. The molecule has 0 spiro atoms. The first-order valence-corrected chi connectivity index (χ1v) is 12.4. The van der Waals surface area contributed by atoms with Gasteiger partial charge < -0.3 is 25.2 Å². The summed E-state index contributed by atoms with van der Waals surface area (Å²) < 4.78 is 0. The Morgan fingerprint density at radius 2 is 1.23 bits per heavy atom. The number of carbonyl (C=O) groups excluding carboxylic acids is 1. The van der Waals surface area contributed by atoms with E-state index in [1.807, 2.05) is 0 Å². The van der Waals surface area contributed by atoms with Crippen molar-refractivity contribution in [3.8, 4) is 11.5 Å². The molecule has 0 aliphatic heterocycles. The van der Waals surface area contributed by atoms with Crippen molar-refractivity contribution in [2.24, 2.45) is 0 Å². The third-order valence-electron chi connectivity index (χ3n) is 5.80. The minimum absolute atomic E-state index is 0. The van der Waals surface area contributed by atoms with Gasteiger partial charge in [0.15, 0.2) is 0 Å². The third-order valence-corrected chi connectivity index (χ3v) is 5.80. The molecular formula is C28H38CaO6. The summed E-state index contributed by atoms with van der Waals surface area (Å²) in [5.74, 6) is -2.32. The van der Waals surface area contributed by atoms with E-state index in [0.717, 1.165) is 32.1 Å². The van der Waals surface area contributed by atoms with Crippen LogP contribution in [0.3, 0.4) is 0 Å². The number of carboxylic acids is 2. The Morgan fingerprint density at radius 1 is 0.743 bits per heavy atom. The Morgan fingerprint density at radius 3 is 1.74 bits per heavy atom. The van der Waals surface area contributed by atoms with E-state index in [1.54, 1.807) is 18.2 Å². The fourth-order valence-corrected chi connectivity index (χ4v) is 3.86. The Balaban J connectivity index is 0.000000642. The van der Waals surface area contributed by atoms with Crippen LogP contribution < -0.4 is 10.2 Å². The van der Waals surface area contributed by atoms with Crippen LogP contribution in [0.25, 0.3) is 0 Å². The second kappa shape index (κ2) is 19.4. The number of hydrogen-bond donors (Lipinski definition) is 2. The van der Waals surface area contributed by atoms with E-state index in [1.165, 1.54) is 50.3 Å². The van der Waals surface area contributed by atoms with Crippen LogP contribution in [0.4, 0.5) is 0 Å². The molecule has 0 aliphatic rings. The van der Waals surface area contributed by atoms with Crippen molar-refractivity contribution >= 4 is 49.7 Å². The summed E-state index contributed by atoms with van der Waals surface area (Å²) in [4.78, 5) is 21.9. The maximum absolute atomic E-state index is 11.6. The SMILES string of the molecule is CCCCCCCc1c(O)cccc1C(=O)O.CCCCCCCc1c([O-])cccc1C(=O)[O-].[Ca+2]. The van der Waals surface area contributed by atoms with Gasteiger partial charge in [0.05, 0.1) is 11.5 Å². The zero-order chi connectivity index (χ0) is 25.3. The summed E-state index contributed by atoms with van der Waals surface area (Å²) in [6.07, 6.45) is 12.2. The van der Waals surface area contributed by atoms with Gasteiger partial charge in [-0.1, -0.05) is 89.5 Å². The first-order valence-electron chi connectivity index (χ1n) is 12.4. The Kier molecular flexibility index (Phi) is 18.5. The first-order chi connectivity index (χ1) is 16.3. The molecule has 0 aromatic heterocycles. The molecule has 0 saturated heterocycles. The topological polar surface area (TPSA) is 121 Å². The summed E-state index contributed by atoms with van der Waals surface area (Å²) in [5.41, 5.74) is 1.23. The van der Waals surface area contributed by atoms with E-state index in [9.17, 15) is 24.9 Å². The number of unbranched alkanes of at least 4 members (excludes halogenated alkanes) is 8. The molecule has 0 saturated carbocycles. The van der Waals surface area contributed by atoms with Crippen molar-refractivity contribution in [1.82, 2.24) is 0 Å². The maximum Gasteiger partial charge on any atom is 2.00 e. The normalized spacial score (nSPS) is 10.1. The fourth-order valence-electron chi connectivity index (χ4n) is 3.86. The van der Waals surface area contributed by atoms with E-state index in [-0.39, 0.29) is 60.4 Å². The number of aromatic carboxylic acids is 2. The van der Waals surface area contributed by atoms with Crippen LogP contribution in [0.2, 0.25) is 0 Å². The number of carboxylic acid groups (broad SMARTS) is 2. The van der Waals surface area contributed by atoms with Crippen molar-refractivity contribution in [2.75, 3.05) is 0 Å². The van der Waals surface area contributed by atoms with Gasteiger partial charge in [0.25, 0.3) is 0 Å². The number of phenols is 1. The summed E-state index contributed by atoms with van der Waals surface area (Å²) in [6, 6.07) is 8.98. The number of hydrogen-bond acceptors (Lipinski definition) is 5. The van der Waals surface area contributed by atoms with Crippen LogP contribution >= 0.6 is 0 Å². The van der Waals surface area contributed by atoms with Gasteiger partial charge in [0, 0.05) is 5.56 Å². The van der Waals surface area contributed by atoms with Crippen LogP contribution in [-0.2, 0) is 12.8 Å². The zero-order valence-corrected chi connectivity index (χ0v) is 23.4. The molecule has 0 atom stereocenters. The van der Waals surface area contributed by atoms with Crippen LogP contribution in [0.1, 0.15) is 110 Å². The smallest absolute Gasteiger partial charge is 0.872 e. The zero-order valence-electron chi connectivity index (χ0n) is 21.2. The molecule has 0 amide bonds. The molecule has 6 nitrogen and oxygen atoms in total. The van der Waals surface area contributed by atoms with Gasteiger partial charge in [-0.2, -0.15) is 0 Å². The molecule has 2 aromatic rings. The first kappa shape index (κ1) is 33.2. The molecule has 2 aromatic carbocycles. The van der Waals surface area contributed by atoms with Crippen molar-refractivity contribution in [2.45, 2.75) is 90.9 Å². The second-order valence-electron chi connectivity index (χ2n) is 8.51. The molecule has 0 heterocycles. The summed E-state index contributed by atoms with van der Waals surface area (Å²) in [6.45, 7) is 4.30. The minimum Gasteiger partial charge on any atom is -0.872 e. The molecule has 0 fully saturated rings. The van der Waals surface area contributed by atoms with Gasteiger partial charge in [-0.25, -0.2) is 4.79 Å². The molecule has 0 radical (unpaired) electrons. The van der Waals surface area contributed by atoms with Crippen molar-refractivity contribution < 1.29 is 30.0 Å². The van der Waals surface area contributed by atoms with Crippen molar-refractivity contribution in [3.05, 3.63) is 58.7 Å². The Labute approximate surface area is 239 Å². The number of phenolic OH excluding ortho intramolecular Hbond substituents is 1. The van der Waals surface area contributed by atoms with Crippen LogP contribution in [-0.4, -0.2) is 59.9 Å². The van der Waals surface area contributed by atoms with Gasteiger partial charge in [-0.3, -0.25) is 0 Å². The Bertz CT molecular complexity index is 824. The van der Waals surface area contributed by atoms with Gasteiger partial charge in [0.1, 0.15) is 5.75 Å². The van der Waals surface area contributed by atoms with E-state index in [0.29, 0.717) is 24.0 Å². The van der Waals surface area contributed by atoms with Gasteiger partial charge >= 0.3 is 43.7 Å². The van der Waals surface area contributed by atoms with E-state index in [2.05, 4.69) is 13.8 Å². The average Bonchev–Trinajstić information content (AvgIpc) is 2.80. The molecule has 7 heteroatoms. The van der Waals surface area contributed by atoms with Gasteiger partial charge in [-0.15, -0.1) is 5.75 Å². The third kappa shape index (κ3) is 12.7.